The van der Waals surface area contributed by atoms with Gasteiger partial charge < -0.3 is 15.1 Å². The van der Waals surface area contributed by atoms with E-state index in [0.717, 1.165) is 0 Å². The summed E-state index contributed by atoms with van der Waals surface area (Å²) in [7, 11) is 0. The first kappa shape index (κ1) is 11.2. The number of hydrogen-bond acceptors (Lipinski definition) is 3. The molecule has 0 saturated carbocycles. The molecule has 0 fully saturated rings. The van der Waals surface area contributed by atoms with Crippen LogP contribution < -0.4 is 5.56 Å². The van der Waals surface area contributed by atoms with Gasteiger partial charge in [0.05, 0.1) is 22.2 Å². The number of rotatable bonds is 2. The van der Waals surface area contributed by atoms with Crippen LogP contribution in [0.1, 0.15) is 10.4 Å². The topological polar surface area (TPSA) is 98.8 Å². The van der Waals surface area contributed by atoms with Crippen molar-refractivity contribution in [3.8, 4) is 11.4 Å². The fourth-order valence-corrected chi connectivity index (χ4v) is 1.88. The van der Waals surface area contributed by atoms with Gasteiger partial charge in [-0.15, -0.1) is 0 Å². The third-order valence-electron chi connectivity index (χ3n) is 2.80. The number of aromatic amines is 2. The zero-order chi connectivity index (χ0) is 13.4. The molecule has 0 aliphatic heterocycles. The molecule has 2 aromatic heterocycles. The lowest BCUT2D eigenvalue weighted by Crippen LogP contribution is -2.07. The second kappa shape index (κ2) is 4.09. The molecule has 19 heavy (non-hydrogen) atoms. The molecule has 0 aliphatic carbocycles. The molecular formula is C13H9N3O3. The van der Waals surface area contributed by atoms with Crippen molar-refractivity contribution in [2.75, 3.05) is 0 Å². The number of carboxylic acid groups (broad SMARTS) is 1. The van der Waals surface area contributed by atoms with E-state index in [2.05, 4.69) is 15.0 Å². The number of nitrogens with one attached hydrogen (secondary N) is 2. The maximum atomic E-state index is 11.7. The Hall–Kier alpha value is -2.89. The van der Waals surface area contributed by atoms with Crippen molar-refractivity contribution in [1.29, 1.82) is 0 Å². The Labute approximate surface area is 106 Å². The van der Waals surface area contributed by atoms with Crippen molar-refractivity contribution in [3.63, 3.8) is 0 Å². The summed E-state index contributed by atoms with van der Waals surface area (Å²) in [5.74, 6) is -0.588. The summed E-state index contributed by atoms with van der Waals surface area (Å²) in [6.07, 6.45) is 1.54. The van der Waals surface area contributed by atoms with Crippen molar-refractivity contribution in [2.24, 2.45) is 0 Å². The summed E-state index contributed by atoms with van der Waals surface area (Å²) >= 11 is 0. The Morgan fingerprint density at radius 2 is 2.11 bits per heavy atom. The van der Waals surface area contributed by atoms with Gasteiger partial charge in [-0.3, -0.25) is 4.79 Å². The fraction of sp³-hybridized carbons (Fsp3) is 0. The number of hydrogen-bond donors (Lipinski definition) is 3. The third kappa shape index (κ3) is 1.89. The number of benzene rings is 1. The smallest absolute Gasteiger partial charge is 0.335 e. The van der Waals surface area contributed by atoms with Crippen LogP contribution >= 0.6 is 0 Å². The van der Waals surface area contributed by atoms with E-state index in [1.165, 1.54) is 18.3 Å². The molecule has 94 valence electrons. The van der Waals surface area contributed by atoms with Gasteiger partial charge in [0.1, 0.15) is 5.82 Å². The first-order valence-electron chi connectivity index (χ1n) is 5.56. The molecule has 3 rings (SSSR count). The number of H-pyrrole nitrogens is 2. The average Bonchev–Trinajstić information content (AvgIpc) is 2.81. The van der Waals surface area contributed by atoms with Gasteiger partial charge in [-0.05, 0) is 30.3 Å². The summed E-state index contributed by atoms with van der Waals surface area (Å²) in [5.41, 5.74) is 1.53. The molecule has 0 bridgehead atoms. The summed E-state index contributed by atoms with van der Waals surface area (Å²) in [6.45, 7) is 0. The number of aromatic nitrogens is 3. The van der Waals surface area contributed by atoms with Crippen molar-refractivity contribution in [2.45, 2.75) is 0 Å². The van der Waals surface area contributed by atoms with Crippen LogP contribution in [0.5, 0.6) is 0 Å². The quantitative estimate of drug-likeness (QED) is 0.647. The number of imidazole rings is 1. The third-order valence-corrected chi connectivity index (χ3v) is 2.80. The number of nitrogens with zero attached hydrogens (tertiary/aromatic N) is 1. The van der Waals surface area contributed by atoms with E-state index in [4.69, 9.17) is 5.11 Å². The predicted molar refractivity (Wildman–Crippen MR) is 69.1 cm³/mol. The van der Waals surface area contributed by atoms with E-state index in [1.54, 1.807) is 18.2 Å². The highest BCUT2D eigenvalue weighted by Gasteiger charge is 2.10. The maximum Gasteiger partial charge on any atom is 0.335 e. The summed E-state index contributed by atoms with van der Waals surface area (Å²) in [4.78, 5) is 32.3. The highest BCUT2D eigenvalue weighted by Crippen LogP contribution is 2.18. The molecule has 0 atom stereocenters. The molecule has 0 radical (unpaired) electrons. The average molecular weight is 255 g/mol. The van der Waals surface area contributed by atoms with Gasteiger partial charge in [-0.1, -0.05) is 0 Å². The first-order chi connectivity index (χ1) is 9.15. The monoisotopic (exact) mass is 255 g/mol. The van der Waals surface area contributed by atoms with E-state index in [1.807, 2.05) is 0 Å². The molecule has 3 N–H and O–H groups in total. The molecule has 0 unspecified atom stereocenters. The van der Waals surface area contributed by atoms with Crippen LogP contribution in [0, 0.1) is 0 Å². The van der Waals surface area contributed by atoms with E-state index in [0.29, 0.717) is 22.4 Å². The van der Waals surface area contributed by atoms with Crippen LogP contribution in [0.4, 0.5) is 0 Å². The molecule has 1 aromatic carbocycles. The molecule has 6 heteroatoms. The Balaban J connectivity index is 2.20. The second-order valence-electron chi connectivity index (χ2n) is 4.04. The molecule has 3 aromatic rings. The van der Waals surface area contributed by atoms with Gasteiger partial charge in [0, 0.05) is 6.20 Å². The molecule has 0 spiro atoms. The predicted octanol–water partition coefficient (Wildman–Crippen LogP) is 1.62. The molecule has 2 heterocycles. The van der Waals surface area contributed by atoms with Crippen LogP contribution in [0.2, 0.25) is 0 Å². The second-order valence-corrected chi connectivity index (χ2v) is 4.04. The minimum absolute atomic E-state index is 0.171. The minimum Gasteiger partial charge on any atom is -0.478 e. The Kier molecular flexibility index (Phi) is 2.42. The first-order valence-corrected chi connectivity index (χ1v) is 5.56. The zero-order valence-corrected chi connectivity index (χ0v) is 9.68. The SMILES string of the molecule is O=C(O)c1ccc2nc(-c3ccc[nH]c3=O)[nH]c2c1. The molecule has 0 aliphatic rings. The Morgan fingerprint density at radius 3 is 2.84 bits per heavy atom. The van der Waals surface area contributed by atoms with Gasteiger partial charge in [-0.25, -0.2) is 9.78 Å². The largest absolute Gasteiger partial charge is 0.478 e. The highest BCUT2D eigenvalue weighted by molar-refractivity contribution is 5.92. The van der Waals surface area contributed by atoms with Crippen LogP contribution in [-0.2, 0) is 0 Å². The van der Waals surface area contributed by atoms with Crippen molar-refractivity contribution in [3.05, 3.63) is 52.4 Å². The van der Waals surface area contributed by atoms with E-state index >= 15 is 0 Å². The van der Waals surface area contributed by atoms with Gasteiger partial charge in [0.25, 0.3) is 5.56 Å². The van der Waals surface area contributed by atoms with E-state index < -0.39 is 5.97 Å². The van der Waals surface area contributed by atoms with Crippen LogP contribution in [0.3, 0.4) is 0 Å². The van der Waals surface area contributed by atoms with Gasteiger partial charge in [0.15, 0.2) is 0 Å². The lowest BCUT2D eigenvalue weighted by Gasteiger charge is -1.93. The number of carbonyl (C=O) groups is 1. The van der Waals surface area contributed by atoms with Crippen molar-refractivity contribution >= 4 is 17.0 Å². The number of carboxylic acids is 1. The van der Waals surface area contributed by atoms with E-state index in [-0.39, 0.29) is 11.1 Å². The molecule has 0 amide bonds. The van der Waals surface area contributed by atoms with Crippen LogP contribution in [0.25, 0.3) is 22.4 Å². The van der Waals surface area contributed by atoms with Crippen LogP contribution in [-0.4, -0.2) is 26.0 Å². The summed E-state index contributed by atoms with van der Waals surface area (Å²) in [5, 5.41) is 8.92. The Morgan fingerprint density at radius 1 is 1.26 bits per heavy atom. The van der Waals surface area contributed by atoms with Gasteiger partial charge >= 0.3 is 5.97 Å². The number of aromatic carboxylic acids is 1. The van der Waals surface area contributed by atoms with Crippen LogP contribution in [0.15, 0.2) is 41.3 Å². The number of pyridine rings is 1. The molecule has 0 saturated heterocycles. The number of fused-ring (bicyclic) bond motifs is 1. The molecular weight excluding hydrogens is 246 g/mol. The lowest BCUT2D eigenvalue weighted by molar-refractivity contribution is 0.0697. The zero-order valence-electron chi connectivity index (χ0n) is 9.68. The lowest BCUT2D eigenvalue weighted by atomic mass is 10.2. The minimum atomic E-state index is -1.00. The standard InChI is InChI=1S/C13H9N3O3/c17-12-8(2-1-5-14-12)11-15-9-4-3-7(13(18)19)6-10(9)16-11/h1-6H,(H,14,17)(H,15,16)(H,18,19). The van der Waals surface area contributed by atoms with Gasteiger partial charge in [-0.2, -0.15) is 0 Å². The van der Waals surface area contributed by atoms with Gasteiger partial charge in [0.2, 0.25) is 0 Å². The van der Waals surface area contributed by atoms with Crippen molar-refractivity contribution in [1.82, 2.24) is 15.0 Å². The highest BCUT2D eigenvalue weighted by atomic mass is 16.4. The maximum absolute atomic E-state index is 11.7. The summed E-state index contributed by atoms with van der Waals surface area (Å²) < 4.78 is 0. The van der Waals surface area contributed by atoms with E-state index in [9.17, 15) is 9.59 Å². The normalized spacial score (nSPS) is 10.7. The Bertz CT molecular complexity index is 832. The van der Waals surface area contributed by atoms with Crippen molar-refractivity contribution < 1.29 is 9.90 Å². The molecule has 6 nitrogen and oxygen atoms in total. The fourth-order valence-electron chi connectivity index (χ4n) is 1.88. The summed E-state index contributed by atoms with van der Waals surface area (Å²) in [6, 6.07) is 7.92.